The Kier molecular flexibility index (Phi) is 10.7. The van der Waals surface area contributed by atoms with Crippen LogP contribution in [0.4, 0.5) is 8.78 Å². The van der Waals surface area contributed by atoms with Gasteiger partial charge in [-0.2, -0.15) is 0 Å². The zero-order valence-electron chi connectivity index (χ0n) is 16.0. The van der Waals surface area contributed by atoms with Crippen LogP contribution < -0.4 is 10.6 Å². The average Bonchev–Trinajstić information content (AvgIpc) is 2.47. The lowest BCUT2D eigenvalue weighted by Crippen LogP contribution is -2.48. The van der Waals surface area contributed by atoms with E-state index in [2.05, 4.69) is 15.6 Å². The normalized spacial score (nSPS) is 11.6. The summed E-state index contributed by atoms with van der Waals surface area (Å²) in [4.78, 5) is 18.1. The van der Waals surface area contributed by atoms with E-state index in [4.69, 9.17) is 0 Å². The number of benzene rings is 1. The first kappa shape index (κ1) is 24.6. The highest BCUT2D eigenvalue weighted by molar-refractivity contribution is 14.0. The van der Waals surface area contributed by atoms with Gasteiger partial charge in [0.25, 0.3) is 0 Å². The van der Waals surface area contributed by atoms with Crippen LogP contribution >= 0.6 is 24.0 Å². The van der Waals surface area contributed by atoms with E-state index in [0.717, 1.165) is 12.1 Å². The Hall–Kier alpha value is -1.45. The molecule has 0 atom stereocenters. The zero-order valence-corrected chi connectivity index (χ0v) is 18.4. The minimum atomic E-state index is -0.469. The van der Waals surface area contributed by atoms with E-state index >= 15 is 0 Å². The molecule has 1 amide bonds. The summed E-state index contributed by atoms with van der Waals surface area (Å²) in [5.74, 6) is -0.483. The molecule has 0 bridgehead atoms. The van der Waals surface area contributed by atoms with Crippen LogP contribution in [0, 0.1) is 11.6 Å². The van der Waals surface area contributed by atoms with Crippen molar-refractivity contribution >= 4 is 35.8 Å². The molecule has 0 heterocycles. The summed E-state index contributed by atoms with van der Waals surface area (Å²) in [6.07, 6.45) is 0.278. The number of nitrogens with one attached hydrogen (secondary N) is 2. The SMILES string of the molecule is CCNC(=NCCc1cc(F)ccc1F)N(C)CC(=O)NC(C)(C)C.I. The van der Waals surface area contributed by atoms with Crippen molar-refractivity contribution in [3.05, 3.63) is 35.4 Å². The van der Waals surface area contributed by atoms with Gasteiger partial charge in [0.05, 0.1) is 6.54 Å². The highest BCUT2D eigenvalue weighted by Crippen LogP contribution is 2.10. The molecule has 0 saturated carbocycles. The lowest BCUT2D eigenvalue weighted by Gasteiger charge is -2.25. The molecule has 0 aliphatic carbocycles. The quantitative estimate of drug-likeness (QED) is 0.373. The second kappa shape index (κ2) is 11.3. The summed E-state index contributed by atoms with van der Waals surface area (Å²) in [6.45, 7) is 8.74. The number of carbonyl (C=O) groups is 1. The third-order valence-electron chi connectivity index (χ3n) is 3.24. The number of hydrogen-bond acceptors (Lipinski definition) is 2. The maximum atomic E-state index is 13.6. The Morgan fingerprint density at radius 2 is 1.92 bits per heavy atom. The Morgan fingerprint density at radius 3 is 2.50 bits per heavy atom. The van der Waals surface area contributed by atoms with Gasteiger partial charge in [0, 0.05) is 25.7 Å². The lowest BCUT2D eigenvalue weighted by molar-refractivity contribution is -0.122. The summed E-state index contributed by atoms with van der Waals surface area (Å²) in [7, 11) is 1.76. The summed E-state index contributed by atoms with van der Waals surface area (Å²) in [5.41, 5.74) is -0.0183. The van der Waals surface area contributed by atoms with Crippen molar-refractivity contribution in [2.45, 2.75) is 39.7 Å². The number of halogens is 3. The van der Waals surface area contributed by atoms with E-state index in [-0.39, 0.29) is 60.5 Å². The molecular weight excluding hydrogens is 453 g/mol. The van der Waals surface area contributed by atoms with E-state index in [0.29, 0.717) is 12.5 Å². The number of hydrogen-bond donors (Lipinski definition) is 2. The third kappa shape index (κ3) is 9.30. The van der Waals surface area contributed by atoms with Gasteiger partial charge in [0.1, 0.15) is 11.6 Å². The van der Waals surface area contributed by atoms with Crippen molar-refractivity contribution < 1.29 is 13.6 Å². The number of likely N-dealkylation sites (N-methyl/N-ethyl adjacent to an activating group) is 1. The number of carbonyl (C=O) groups excluding carboxylic acids is 1. The molecule has 148 valence electrons. The minimum Gasteiger partial charge on any atom is -0.357 e. The molecule has 26 heavy (non-hydrogen) atoms. The second-order valence-corrected chi connectivity index (χ2v) is 6.88. The van der Waals surface area contributed by atoms with Gasteiger partial charge in [-0.25, -0.2) is 8.78 Å². The fourth-order valence-corrected chi connectivity index (χ4v) is 2.23. The van der Waals surface area contributed by atoms with Gasteiger partial charge >= 0.3 is 0 Å². The largest absolute Gasteiger partial charge is 0.357 e. The van der Waals surface area contributed by atoms with Crippen LogP contribution in [-0.4, -0.2) is 49.0 Å². The average molecular weight is 482 g/mol. The van der Waals surface area contributed by atoms with Gasteiger partial charge in [0.15, 0.2) is 5.96 Å². The molecule has 0 radical (unpaired) electrons. The van der Waals surface area contributed by atoms with Crippen LogP contribution in [0.3, 0.4) is 0 Å². The Labute approximate surface area is 171 Å². The molecule has 8 heteroatoms. The summed E-state index contributed by atoms with van der Waals surface area (Å²) < 4.78 is 26.8. The molecule has 0 spiro atoms. The zero-order chi connectivity index (χ0) is 19.0. The van der Waals surface area contributed by atoms with Crippen molar-refractivity contribution in [1.82, 2.24) is 15.5 Å². The van der Waals surface area contributed by atoms with Crippen molar-refractivity contribution in [2.75, 3.05) is 26.7 Å². The van der Waals surface area contributed by atoms with Gasteiger partial charge in [-0.15, -0.1) is 24.0 Å². The Balaban J connectivity index is 0.00000625. The molecule has 1 aromatic carbocycles. The maximum Gasteiger partial charge on any atom is 0.240 e. The second-order valence-electron chi connectivity index (χ2n) is 6.88. The van der Waals surface area contributed by atoms with E-state index in [9.17, 15) is 13.6 Å². The number of guanidine groups is 1. The summed E-state index contributed by atoms with van der Waals surface area (Å²) in [6, 6.07) is 3.38. The highest BCUT2D eigenvalue weighted by atomic mass is 127. The molecule has 1 aromatic rings. The van der Waals surface area contributed by atoms with Crippen LogP contribution in [0.5, 0.6) is 0 Å². The number of nitrogens with zero attached hydrogens (tertiary/aromatic N) is 2. The van der Waals surface area contributed by atoms with Gasteiger partial charge in [-0.1, -0.05) is 0 Å². The van der Waals surface area contributed by atoms with Gasteiger partial charge in [0.2, 0.25) is 5.91 Å². The van der Waals surface area contributed by atoms with E-state index in [1.807, 2.05) is 27.7 Å². The molecule has 1 rings (SSSR count). The molecule has 0 fully saturated rings. The number of amides is 1. The Morgan fingerprint density at radius 1 is 1.27 bits per heavy atom. The standard InChI is InChI=1S/C18H28F2N4O.HI/c1-6-21-17(24(5)12-16(25)23-18(2,3)4)22-10-9-13-11-14(19)7-8-15(13)20;/h7-8,11H,6,9-10,12H2,1-5H3,(H,21,22)(H,23,25);1H. The first-order valence-corrected chi connectivity index (χ1v) is 8.36. The van der Waals surface area contributed by atoms with Crippen LogP contribution in [0.2, 0.25) is 0 Å². The van der Waals surface area contributed by atoms with E-state index in [1.54, 1.807) is 11.9 Å². The van der Waals surface area contributed by atoms with Crippen molar-refractivity contribution in [3.63, 3.8) is 0 Å². The smallest absolute Gasteiger partial charge is 0.240 e. The van der Waals surface area contributed by atoms with Crippen molar-refractivity contribution in [3.8, 4) is 0 Å². The molecule has 0 aliphatic heterocycles. The van der Waals surface area contributed by atoms with Gasteiger partial charge < -0.3 is 15.5 Å². The number of rotatable bonds is 6. The lowest BCUT2D eigenvalue weighted by atomic mass is 10.1. The summed E-state index contributed by atoms with van der Waals surface area (Å²) >= 11 is 0. The van der Waals surface area contributed by atoms with Crippen LogP contribution in [0.15, 0.2) is 23.2 Å². The first-order chi connectivity index (χ1) is 11.6. The predicted octanol–water partition coefficient (Wildman–Crippen LogP) is 2.94. The highest BCUT2D eigenvalue weighted by Gasteiger charge is 2.16. The van der Waals surface area contributed by atoms with Crippen LogP contribution in [-0.2, 0) is 11.2 Å². The monoisotopic (exact) mass is 482 g/mol. The molecule has 5 nitrogen and oxygen atoms in total. The van der Waals surface area contributed by atoms with Crippen molar-refractivity contribution in [2.24, 2.45) is 4.99 Å². The summed E-state index contributed by atoms with van der Waals surface area (Å²) in [5, 5.41) is 5.98. The Bertz CT molecular complexity index is 618. The van der Waals surface area contributed by atoms with E-state index in [1.165, 1.54) is 6.07 Å². The third-order valence-corrected chi connectivity index (χ3v) is 3.24. The molecule has 0 unspecified atom stereocenters. The van der Waals surface area contributed by atoms with E-state index < -0.39 is 11.6 Å². The fourth-order valence-electron chi connectivity index (χ4n) is 2.23. The molecular formula is C18H29F2IN4O. The molecule has 0 aromatic heterocycles. The molecule has 0 saturated heterocycles. The predicted molar refractivity (Wildman–Crippen MR) is 112 cm³/mol. The van der Waals surface area contributed by atoms with Gasteiger partial charge in [-0.05, 0) is 57.9 Å². The minimum absolute atomic E-state index is 0. The topological polar surface area (TPSA) is 56.7 Å². The maximum absolute atomic E-state index is 13.6. The van der Waals surface area contributed by atoms with Crippen LogP contribution in [0.25, 0.3) is 0 Å². The number of aliphatic imine (C=N–C) groups is 1. The molecule has 0 aliphatic rings. The first-order valence-electron chi connectivity index (χ1n) is 8.36. The fraction of sp³-hybridized carbons (Fsp3) is 0.556. The van der Waals surface area contributed by atoms with Gasteiger partial charge in [-0.3, -0.25) is 9.79 Å². The van der Waals surface area contributed by atoms with Crippen molar-refractivity contribution in [1.29, 1.82) is 0 Å². The molecule has 2 N–H and O–H groups in total. The van der Waals surface area contributed by atoms with Crippen LogP contribution in [0.1, 0.15) is 33.3 Å².